The molecule has 1 atom stereocenters. The van der Waals surface area contributed by atoms with Gasteiger partial charge in [-0.05, 0) is 60.4 Å². The highest BCUT2D eigenvalue weighted by atomic mass is 32.2. The van der Waals surface area contributed by atoms with E-state index in [2.05, 4.69) is 15.6 Å². The first-order valence-corrected chi connectivity index (χ1v) is 15.3. The monoisotopic (exact) mass is 643 g/mol. The first kappa shape index (κ1) is 36.3. The molecule has 1 heterocycles. The van der Waals surface area contributed by atoms with E-state index in [0.29, 0.717) is 24.1 Å². The number of amidine groups is 1. The number of nitrogens with zero attached hydrogens (tertiary/aromatic N) is 1. The van der Waals surface area contributed by atoms with Crippen LogP contribution in [0.4, 0.5) is 5.69 Å². The number of carboxylic acids is 1. The summed E-state index contributed by atoms with van der Waals surface area (Å²) in [7, 11) is -3.67. The number of nitrogens with two attached hydrogens (primary N) is 1. The van der Waals surface area contributed by atoms with Crippen LogP contribution in [0, 0.1) is 10.8 Å². The van der Waals surface area contributed by atoms with Crippen LogP contribution in [0.5, 0.6) is 5.88 Å². The molecule has 14 nitrogen and oxygen atoms in total. The second-order valence-electron chi connectivity index (χ2n) is 10.8. The van der Waals surface area contributed by atoms with Crippen molar-refractivity contribution in [1.29, 1.82) is 5.41 Å². The lowest BCUT2D eigenvalue weighted by Crippen LogP contribution is -2.46. The number of carboxylic acid groups (broad SMARTS) is 1. The summed E-state index contributed by atoms with van der Waals surface area (Å²) in [6, 6.07) is 12.9. The van der Waals surface area contributed by atoms with Crippen LogP contribution in [0.15, 0.2) is 54.6 Å². The maximum absolute atomic E-state index is 13.4. The van der Waals surface area contributed by atoms with Crippen LogP contribution in [0.2, 0.25) is 0 Å². The molecule has 0 aliphatic heterocycles. The van der Waals surface area contributed by atoms with Crippen molar-refractivity contribution in [3.8, 4) is 17.0 Å². The molecular formula is C30H37N5O9S. The zero-order valence-corrected chi connectivity index (χ0v) is 26.2. The Labute approximate surface area is 260 Å². The summed E-state index contributed by atoms with van der Waals surface area (Å²) in [5.41, 5.74) is 6.13. The first-order chi connectivity index (χ1) is 20.8. The van der Waals surface area contributed by atoms with Gasteiger partial charge >= 0.3 is 5.97 Å². The number of nitrogen functional groups attached to an aromatic ring is 1. The summed E-state index contributed by atoms with van der Waals surface area (Å²) in [6.07, 6.45) is 0.715. The van der Waals surface area contributed by atoms with Gasteiger partial charge in [-0.2, -0.15) is 8.42 Å². The number of rotatable bonds is 10. The maximum Gasteiger partial charge on any atom is 0.336 e. The second-order valence-corrected chi connectivity index (χ2v) is 12.3. The molecule has 0 saturated heterocycles. The van der Waals surface area contributed by atoms with Gasteiger partial charge in [0.2, 0.25) is 5.88 Å². The lowest BCUT2D eigenvalue weighted by molar-refractivity contribution is 0.0697. The molecule has 2 aromatic carbocycles. The van der Waals surface area contributed by atoms with E-state index in [0.717, 1.165) is 0 Å². The smallest absolute Gasteiger partial charge is 0.336 e. The predicted molar refractivity (Wildman–Crippen MR) is 168 cm³/mol. The van der Waals surface area contributed by atoms with Crippen molar-refractivity contribution in [2.75, 3.05) is 24.8 Å². The number of nitrogens with one attached hydrogen (secondary N) is 3. The molecule has 45 heavy (non-hydrogen) atoms. The van der Waals surface area contributed by atoms with Crippen molar-refractivity contribution in [3.63, 3.8) is 0 Å². The number of aliphatic hydroxyl groups excluding tert-OH is 1. The molecule has 0 bridgehead atoms. The van der Waals surface area contributed by atoms with E-state index in [-0.39, 0.29) is 46.3 Å². The number of anilines is 1. The van der Waals surface area contributed by atoms with E-state index in [1.54, 1.807) is 31.2 Å². The largest absolute Gasteiger partial charge is 0.478 e. The molecule has 0 aliphatic carbocycles. The normalized spacial score (nSPS) is 11.8. The number of ether oxygens (including phenoxy) is 1. The molecule has 3 aromatic rings. The molecule has 8 N–H and O–H groups in total. The molecule has 1 aromatic heterocycles. The van der Waals surface area contributed by atoms with Gasteiger partial charge in [-0.15, -0.1) is 0 Å². The number of carbonyl (C=O) groups is 3. The zero-order valence-electron chi connectivity index (χ0n) is 25.4. The Balaban J connectivity index is 0.00000130. The number of hydrogen-bond acceptors (Lipinski definition) is 9. The van der Waals surface area contributed by atoms with Gasteiger partial charge in [0.15, 0.2) is 0 Å². The van der Waals surface area contributed by atoms with Gasteiger partial charge in [0.05, 0.1) is 31.1 Å². The Hall–Kier alpha value is -4.86. The molecular weight excluding hydrogens is 606 g/mol. The average Bonchev–Trinajstić information content (AvgIpc) is 2.94. The van der Waals surface area contributed by atoms with E-state index in [9.17, 15) is 33.0 Å². The van der Waals surface area contributed by atoms with Crippen LogP contribution in [0.3, 0.4) is 0 Å². The Morgan fingerprint density at radius 1 is 1.00 bits per heavy atom. The molecule has 0 aliphatic rings. The van der Waals surface area contributed by atoms with E-state index in [1.165, 1.54) is 30.3 Å². The molecule has 0 fully saturated rings. The van der Waals surface area contributed by atoms with Crippen LogP contribution in [0.25, 0.3) is 11.1 Å². The fraction of sp³-hybridized carbons (Fsp3) is 0.300. The standard InChI is InChI=1S/C29H33N5O6.CH4O3S/c1-5-40-23-13-12-20(24(34-23)27(37)32-18-9-6-16(7-10-18)25(30)31)19-11-8-17(14-21(19)28(38)39)26(36)33-22(15-35)29(2,3)4;1-5(2,3)4/h6-14,22,35H,5,15H2,1-4H3,(H3,30,31)(H,32,37)(H,33,36)(H,38,39);1H3,(H,2,3,4). The molecule has 0 spiro atoms. The number of hydrogen-bond donors (Lipinski definition) is 7. The lowest BCUT2D eigenvalue weighted by atomic mass is 9.87. The van der Waals surface area contributed by atoms with Crippen molar-refractivity contribution in [3.05, 3.63) is 77.0 Å². The Morgan fingerprint density at radius 3 is 2.04 bits per heavy atom. The molecule has 3 rings (SSSR count). The number of benzene rings is 2. The Morgan fingerprint density at radius 2 is 1.56 bits per heavy atom. The summed E-state index contributed by atoms with van der Waals surface area (Å²) in [5, 5.41) is 32.7. The van der Waals surface area contributed by atoms with Gasteiger partial charge in [-0.25, -0.2) is 9.78 Å². The van der Waals surface area contributed by atoms with Crippen LogP contribution >= 0.6 is 0 Å². The molecule has 0 saturated carbocycles. The fourth-order valence-corrected chi connectivity index (χ4v) is 3.86. The Kier molecular flexibility index (Phi) is 12.3. The lowest BCUT2D eigenvalue weighted by Gasteiger charge is -2.29. The highest BCUT2D eigenvalue weighted by molar-refractivity contribution is 7.85. The highest BCUT2D eigenvalue weighted by Crippen LogP contribution is 2.30. The molecule has 0 radical (unpaired) electrons. The quantitative estimate of drug-likeness (QED) is 0.0962. The number of pyridine rings is 1. The van der Waals surface area contributed by atoms with Crippen molar-refractivity contribution < 1.29 is 42.3 Å². The third kappa shape index (κ3) is 11.0. The van der Waals surface area contributed by atoms with Gasteiger partial charge in [0, 0.05) is 28.4 Å². The maximum atomic E-state index is 13.4. The minimum atomic E-state index is -3.67. The van der Waals surface area contributed by atoms with Gasteiger partial charge in [0.25, 0.3) is 21.9 Å². The predicted octanol–water partition coefficient (Wildman–Crippen LogP) is 3.02. The summed E-state index contributed by atoms with van der Waals surface area (Å²) in [6.45, 7) is 7.37. The van der Waals surface area contributed by atoms with Gasteiger partial charge in [-0.3, -0.25) is 19.6 Å². The first-order valence-electron chi connectivity index (χ1n) is 13.5. The van der Waals surface area contributed by atoms with E-state index < -0.39 is 39.4 Å². The fourth-order valence-electron chi connectivity index (χ4n) is 3.86. The van der Waals surface area contributed by atoms with Gasteiger partial charge < -0.3 is 31.3 Å². The number of aliphatic hydroxyl groups is 1. The molecule has 2 amide bonds. The minimum absolute atomic E-state index is 0.0827. The van der Waals surface area contributed by atoms with Crippen LogP contribution < -0.4 is 21.1 Å². The minimum Gasteiger partial charge on any atom is -0.478 e. The van der Waals surface area contributed by atoms with Crippen LogP contribution in [-0.2, 0) is 10.1 Å². The molecule has 1 unspecified atom stereocenters. The van der Waals surface area contributed by atoms with Gasteiger partial charge in [0.1, 0.15) is 11.5 Å². The average molecular weight is 644 g/mol. The second kappa shape index (κ2) is 15.2. The summed E-state index contributed by atoms with van der Waals surface area (Å²) in [4.78, 5) is 42.9. The van der Waals surface area contributed by atoms with Gasteiger partial charge in [-0.1, -0.05) is 26.8 Å². The number of aromatic nitrogens is 1. The van der Waals surface area contributed by atoms with Crippen molar-refractivity contribution >= 4 is 39.4 Å². The Bertz CT molecular complexity index is 1660. The zero-order chi connectivity index (χ0) is 34.1. The van der Waals surface area contributed by atoms with Crippen LogP contribution in [-0.4, -0.2) is 77.3 Å². The SMILES string of the molecule is CCOc1ccc(-c2ccc(C(=O)NC(CO)C(C)(C)C)cc2C(=O)O)c(C(=O)Nc2ccc(C(=N)N)cc2)n1.CS(=O)(=O)O. The van der Waals surface area contributed by atoms with E-state index in [4.69, 9.17) is 20.4 Å². The van der Waals surface area contributed by atoms with Crippen molar-refractivity contribution in [2.24, 2.45) is 11.1 Å². The number of amides is 2. The van der Waals surface area contributed by atoms with E-state index in [1.807, 2.05) is 20.8 Å². The third-order valence-corrected chi connectivity index (χ3v) is 6.17. The number of aromatic carboxylic acids is 1. The van der Waals surface area contributed by atoms with Crippen molar-refractivity contribution in [2.45, 2.75) is 33.7 Å². The summed E-state index contributed by atoms with van der Waals surface area (Å²) in [5.74, 6) is -2.41. The molecule has 242 valence electrons. The number of carbonyl (C=O) groups excluding carboxylic acids is 2. The topological polar surface area (TPSA) is 242 Å². The van der Waals surface area contributed by atoms with E-state index >= 15 is 0 Å². The summed E-state index contributed by atoms with van der Waals surface area (Å²) < 4.78 is 31.3. The van der Waals surface area contributed by atoms with Crippen LogP contribution in [0.1, 0.15) is 64.5 Å². The highest BCUT2D eigenvalue weighted by Gasteiger charge is 2.27. The third-order valence-electron chi connectivity index (χ3n) is 6.17. The van der Waals surface area contributed by atoms with Crippen molar-refractivity contribution in [1.82, 2.24) is 10.3 Å². The molecule has 15 heteroatoms. The summed E-state index contributed by atoms with van der Waals surface area (Å²) >= 11 is 0.